The number of para-hydroxylation sites is 1. The van der Waals surface area contributed by atoms with Crippen LogP contribution in [0.25, 0.3) is 10.9 Å². The molecule has 1 aliphatic heterocycles. The molecule has 1 aliphatic rings. The molecule has 3 aromatic rings. The zero-order valence-corrected chi connectivity index (χ0v) is 16.6. The van der Waals surface area contributed by atoms with Crippen LogP contribution in [-0.2, 0) is 17.9 Å². The van der Waals surface area contributed by atoms with Gasteiger partial charge in [-0.05, 0) is 43.2 Å². The number of hydrogen-bond acceptors (Lipinski definition) is 4. The second-order valence-corrected chi connectivity index (χ2v) is 7.21. The third-order valence-electron chi connectivity index (χ3n) is 5.15. The van der Waals surface area contributed by atoms with E-state index in [9.17, 15) is 14.4 Å². The van der Waals surface area contributed by atoms with Crippen molar-refractivity contribution in [2.24, 2.45) is 0 Å². The van der Waals surface area contributed by atoms with Gasteiger partial charge in [0.15, 0.2) is 0 Å². The molecule has 0 saturated heterocycles. The molecule has 7 nitrogen and oxygen atoms in total. The van der Waals surface area contributed by atoms with Crippen LogP contribution in [0.2, 0.25) is 0 Å². The van der Waals surface area contributed by atoms with Crippen molar-refractivity contribution in [1.82, 2.24) is 9.13 Å². The van der Waals surface area contributed by atoms with Crippen LogP contribution in [0, 0.1) is 6.92 Å². The molecule has 0 unspecified atom stereocenters. The summed E-state index contributed by atoms with van der Waals surface area (Å²) in [5.41, 5.74) is 1.43. The lowest BCUT2D eigenvalue weighted by molar-refractivity contribution is -0.119. The first-order valence-corrected chi connectivity index (χ1v) is 9.77. The molecule has 0 saturated carbocycles. The molecule has 0 radical (unpaired) electrons. The minimum Gasteiger partial charge on any atom is -0.490 e. The number of rotatable bonds is 4. The SMILES string of the molecule is CCCn1c(=O)c2ccccc2n(CC(=O)N2CCOc3ccc(C)cc32)c1=O. The topological polar surface area (TPSA) is 73.5 Å². The Labute approximate surface area is 167 Å². The number of carbonyl (C=O) groups is 1. The summed E-state index contributed by atoms with van der Waals surface area (Å²) in [7, 11) is 0. The van der Waals surface area contributed by atoms with Crippen molar-refractivity contribution in [3.05, 3.63) is 68.9 Å². The summed E-state index contributed by atoms with van der Waals surface area (Å²) in [5, 5.41) is 0.437. The fourth-order valence-electron chi connectivity index (χ4n) is 3.75. The Bertz CT molecular complexity index is 1210. The second kappa shape index (κ2) is 7.58. The van der Waals surface area contributed by atoms with Gasteiger partial charge in [0, 0.05) is 6.54 Å². The third-order valence-corrected chi connectivity index (χ3v) is 5.15. The number of amides is 1. The summed E-state index contributed by atoms with van der Waals surface area (Å²) in [6.07, 6.45) is 0.650. The van der Waals surface area contributed by atoms with Gasteiger partial charge < -0.3 is 9.64 Å². The maximum atomic E-state index is 13.2. The van der Waals surface area contributed by atoms with E-state index in [0.717, 1.165) is 5.56 Å². The lowest BCUT2D eigenvalue weighted by Gasteiger charge is -2.30. The lowest BCUT2D eigenvalue weighted by atomic mass is 10.1. The number of nitrogens with zero attached hydrogens (tertiary/aromatic N) is 3. The Morgan fingerprint density at radius 2 is 1.90 bits per heavy atom. The lowest BCUT2D eigenvalue weighted by Crippen LogP contribution is -2.45. The van der Waals surface area contributed by atoms with Crippen molar-refractivity contribution in [1.29, 1.82) is 0 Å². The average molecular weight is 393 g/mol. The maximum absolute atomic E-state index is 13.2. The van der Waals surface area contributed by atoms with Crippen LogP contribution in [0.5, 0.6) is 5.75 Å². The standard InChI is InChI=1S/C22H23N3O4/c1-3-10-24-21(27)16-6-4-5-7-17(16)25(22(24)28)14-20(26)23-11-12-29-19-9-8-15(2)13-18(19)23/h4-9,13H,3,10-12,14H2,1-2H3. The van der Waals surface area contributed by atoms with Crippen LogP contribution in [0.15, 0.2) is 52.1 Å². The quantitative estimate of drug-likeness (QED) is 0.682. The number of anilines is 1. The fourth-order valence-corrected chi connectivity index (χ4v) is 3.75. The number of fused-ring (bicyclic) bond motifs is 2. The minimum absolute atomic E-state index is 0.142. The number of benzene rings is 2. The van der Waals surface area contributed by atoms with Gasteiger partial charge in [-0.1, -0.05) is 25.1 Å². The Balaban J connectivity index is 1.80. The van der Waals surface area contributed by atoms with Crippen LogP contribution in [0.3, 0.4) is 0 Å². The van der Waals surface area contributed by atoms with Gasteiger partial charge >= 0.3 is 5.69 Å². The Morgan fingerprint density at radius 3 is 2.69 bits per heavy atom. The van der Waals surface area contributed by atoms with Gasteiger partial charge in [0.05, 0.1) is 23.1 Å². The number of aromatic nitrogens is 2. The number of aryl methyl sites for hydroxylation is 1. The van der Waals surface area contributed by atoms with E-state index in [-0.39, 0.29) is 18.0 Å². The summed E-state index contributed by atoms with van der Waals surface area (Å²) < 4.78 is 8.28. The van der Waals surface area contributed by atoms with E-state index in [0.29, 0.717) is 48.5 Å². The van der Waals surface area contributed by atoms with Gasteiger partial charge in [0.1, 0.15) is 18.9 Å². The van der Waals surface area contributed by atoms with Crippen LogP contribution in [0.1, 0.15) is 18.9 Å². The van der Waals surface area contributed by atoms with E-state index in [4.69, 9.17) is 4.74 Å². The predicted octanol–water partition coefficient (Wildman–Crippen LogP) is 2.31. The predicted molar refractivity (Wildman–Crippen MR) is 112 cm³/mol. The number of hydrogen-bond donors (Lipinski definition) is 0. The molecule has 1 aromatic heterocycles. The zero-order chi connectivity index (χ0) is 20.5. The number of carbonyl (C=O) groups excluding carboxylic acids is 1. The van der Waals surface area contributed by atoms with Crippen molar-refractivity contribution in [2.75, 3.05) is 18.1 Å². The summed E-state index contributed by atoms with van der Waals surface area (Å²) in [4.78, 5) is 40.6. The van der Waals surface area contributed by atoms with E-state index in [2.05, 4.69) is 0 Å². The average Bonchev–Trinajstić information content (AvgIpc) is 2.73. The van der Waals surface area contributed by atoms with E-state index in [1.54, 1.807) is 29.2 Å². The van der Waals surface area contributed by atoms with Crippen molar-refractivity contribution in [2.45, 2.75) is 33.4 Å². The van der Waals surface area contributed by atoms with Crippen molar-refractivity contribution < 1.29 is 9.53 Å². The molecular formula is C22H23N3O4. The van der Waals surface area contributed by atoms with Crippen LogP contribution in [0.4, 0.5) is 5.69 Å². The fraction of sp³-hybridized carbons (Fsp3) is 0.318. The van der Waals surface area contributed by atoms with Gasteiger partial charge in [0.25, 0.3) is 5.56 Å². The molecule has 7 heteroatoms. The van der Waals surface area contributed by atoms with E-state index >= 15 is 0 Å². The van der Waals surface area contributed by atoms with Crippen LogP contribution in [-0.4, -0.2) is 28.2 Å². The summed E-state index contributed by atoms with van der Waals surface area (Å²) >= 11 is 0. The highest BCUT2D eigenvalue weighted by atomic mass is 16.5. The Kier molecular flexibility index (Phi) is 4.96. The highest BCUT2D eigenvalue weighted by Gasteiger charge is 2.25. The third kappa shape index (κ3) is 3.33. The summed E-state index contributed by atoms with van der Waals surface area (Å²) in [6.45, 7) is 4.84. The summed E-state index contributed by atoms with van der Waals surface area (Å²) in [5.74, 6) is 0.442. The molecule has 0 spiro atoms. The molecule has 2 aromatic carbocycles. The molecule has 0 aliphatic carbocycles. The maximum Gasteiger partial charge on any atom is 0.331 e. The smallest absolute Gasteiger partial charge is 0.331 e. The Morgan fingerprint density at radius 1 is 1.10 bits per heavy atom. The van der Waals surface area contributed by atoms with Crippen molar-refractivity contribution >= 4 is 22.5 Å². The van der Waals surface area contributed by atoms with E-state index < -0.39 is 5.69 Å². The van der Waals surface area contributed by atoms with E-state index in [1.165, 1.54) is 9.13 Å². The molecule has 0 N–H and O–H groups in total. The highest BCUT2D eigenvalue weighted by Crippen LogP contribution is 2.32. The van der Waals surface area contributed by atoms with Gasteiger partial charge in [-0.25, -0.2) is 4.79 Å². The van der Waals surface area contributed by atoms with Crippen LogP contribution >= 0.6 is 0 Å². The molecule has 4 rings (SSSR count). The van der Waals surface area contributed by atoms with Crippen LogP contribution < -0.4 is 20.9 Å². The largest absolute Gasteiger partial charge is 0.490 e. The summed E-state index contributed by atoms with van der Waals surface area (Å²) in [6, 6.07) is 12.6. The molecule has 0 fully saturated rings. The second-order valence-electron chi connectivity index (χ2n) is 7.21. The monoisotopic (exact) mass is 393 g/mol. The first-order valence-electron chi connectivity index (χ1n) is 9.77. The molecule has 0 atom stereocenters. The first kappa shape index (κ1) is 19.0. The van der Waals surface area contributed by atoms with Gasteiger partial charge in [-0.15, -0.1) is 0 Å². The number of ether oxygens (including phenoxy) is 1. The molecule has 2 heterocycles. The van der Waals surface area contributed by atoms with E-state index in [1.807, 2.05) is 32.0 Å². The molecular weight excluding hydrogens is 370 g/mol. The van der Waals surface area contributed by atoms with Gasteiger partial charge in [-0.3, -0.25) is 18.7 Å². The molecule has 150 valence electrons. The zero-order valence-electron chi connectivity index (χ0n) is 16.6. The molecule has 29 heavy (non-hydrogen) atoms. The highest BCUT2D eigenvalue weighted by molar-refractivity contribution is 5.96. The minimum atomic E-state index is -0.457. The van der Waals surface area contributed by atoms with Crippen molar-refractivity contribution in [3.63, 3.8) is 0 Å². The molecule has 1 amide bonds. The van der Waals surface area contributed by atoms with Gasteiger partial charge in [-0.2, -0.15) is 0 Å². The molecule has 0 bridgehead atoms. The van der Waals surface area contributed by atoms with Gasteiger partial charge in [0.2, 0.25) is 5.91 Å². The first-order chi connectivity index (χ1) is 14.0. The Hall–Kier alpha value is -3.35. The normalized spacial score (nSPS) is 13.2. The van der Waals surface area contributed by atoms with Crippen molar-refractivity contribution in [3.8, 4) is 5.75 Å².